The highest BCUT2D eigenvalue weighted by molar-refractivity contribution is 5.92. The molecule has 0 radical (unpaired) electrons. The fourth-order valence-corrected chi connectivity index (χ4v) is 3.11. The van der Waals surface area contributed by atoms with Crippen molar-refractivity contribution in [2.24, 2.45) is 0 Å². The standard InChI is InChI=1S/C17H21FN4O3.HI/c1-4-20-10-12(17(24)25)14(23)11-9-13(18)16(19-15(11)20)21-5-7-22(2,3)8-6-21;/h9-10H,4-8H2,1-3H3;1H. The van der Waals surface area contributed by atoms with E-state index in [1.54, 1.807) is 4.57 Å². The van der Waals surface area contributed by atoms with E-state index in [2.05, 4.69) is 19.1 Å². The number of halogens is 2. The van der Waals surface area contributed by atoms with E-state index >= 15 is 0 Å². The normalized spacial score (nSPS) is 16.4. The maximum Gasteiger partial charge on any atom is 0.341 e. The summed E-state index contributed by atoms with van der Waals surface area (Å²) in [6.07, 6.45) is 1.28. The maximum atomic E-state index is 14.6. The van der Waals surface area contributed by atoms with E-state index in [1.165, 1.54) is 6.20 Å². The number of likely N-dealkylation sites (N-methyl/N-ethyl adjacent to an activating group) is 1. The van der Waals surface area contributed by atoms with Gasteiger partial charge in [0.1, 0.15) is 11.2 Å². The third kappa shape index (κ3) is 3.68. The van der Waals surface area contributed by atoms with Crippen LogP contribution >= 0.6 is 0 Å². The summed E-state index contributed by atoms with van der Waals surface area (Å²) in [6, 6.07) is 1.12. The first-order valence-electron chi connectivity index (χ1n) is 8.27. The minimum atomic E-state index is -1.32. The van der Waals surface area contributed by atoms with Crippen molar-refractivity contribution in [2.75, 3.05) is 45.2 Å². The second-order valence-electron chi connectivity index (χ2n) is 7.00. The van der Waals surface area contributed by atoms with Gasteiger partial charge in [-0.25, -0.2) is 14.2 Å². The van der Waals surface area contributed by atoms with E-state index in [0.717, 1.165) is 23.6 Å². The van der Waals surface area contributed by atoms with Crippen LogP contribution in [-0.4, -0.2) is 65.4 Å². The van der Waals surface area contributed by atoms with Gasteiger partial charge >= 0.3 is 5.97 Å². The summed E-state index contributed by atoms with van der Waals surface area (Å²) in [5, 5.41) is 9.18. The maximum absolute atomic E-state index is 14.6. The Morgan fingerprint density at radius 2 is 1.96 bits per heavy atom. The highest BCUT2D eigenvalue weighted by atomic mass is 127. The van der Waals surface area contributed by atoms with Crippen LogP contribution in [0.4, 0.5) is 10.2 Å². The summed E-state index contributed by atoms with van der Waals surface area (Å²) in [5.41, 5.74) is -0.768. The Balaban J connectivity index is 0.00000243. The molecule has 142 valence electrons. The molecule has 1 saturated heterocycles. The molecule has 0 atom stereocenters. The fraction of sp³-hybridized carbons (Fsp3) is 0.471. The van der Waals surface area contributed by atoms with Gasteiger partial charge in [0.15, 0.2) is 11.6 Å². The van der Waals surface area contributed by atoms with Gasteiger partial charge in [0, 0.05) is 12.7 Å². The van der Waals surface area contributed by atoms with Crippen molar-refractivity contribution in [1.82, 2.24) is 9.55 Å². The van der Waals surface area contributed by atoms with Crippen molar-refractivity contribution >= 4 is 22.8 Å². The first-order valence-corrected chi connectivity index (χ1v) is 8.27. The van der Waals surface area contributed by atoms with E-state index < -0.39 is 17.2 Å². The van der Waals surface area contributed by atoms with Crippen molar-refractivity contribution in [2.45, 2.75) is 13.5 Å². The molecule has 1 N–H and O–H groups in total. The number of pyridine rings is 2. The van der Waals surface area contributed by atoms with Gasteiger partial charge in [-0.3, -0.25) is 4.79 Å². The molecule has 0 unspecified atom stereocenters. The van der Waals surface area contributed by atoms with Crippen LogP contribution in [-0.2, 0) is 6.54 Å². The number of aromatic carboxylic acids is 1. The molecule has 1 aliphatic rings. The minimum absolute atomic E-state index is 0. The van der Waals surface area contributed by atoms with Crippen molar-refractivity contribution in [3.8, 4) is 0 Å². The van der Waals surface area contributed by atoms with Gasteiger partial charge in [0.05, 0.1) is 45.7 Å². The second kappa shape index (κ2) is 7.47. The number of aromatic nitrogens is 2. The molecule has 0 bridgehead atoms. The van der Waals surface area contributed by atoms with Crippen LogP contribution in [0.15, 0.2) is 17.1 Å². The Bertz CT molecular complexity index is 903. The van der Waals surface area contributed by atoms with E-state index in [-0.39, 0.29) is 40.7 Å². The summed E-state index contributed by atoms with van der Waals surface area (Å²) in [6.45, 7) is 5.34. The van der Waals surface area contributed by atoms with E-state index in [0.29, 0.717) is 25.3 Å². The van der Waals surface area contributed by atoms with Crippen molar-refractivity contribution < 1.29 is 42.8 Å². The van der Waals surface area contributed by atoms with Gasteiger partial charge in [-0.05, 0) is 13.0 Å². The molecule has 9 heteroatoms. The lowest BCUT2D eigenvalue weighted by atomic mass is 10.1. The predicted octanol–water partition coefficient (Wildman–Crippen LogP) is -1.85. The average molecular weight is 476 g/mol. The number of quaternary nitrogens is 1. The molecular formula is C17H22FIN4O3. The van der Waals surface area contributed by atoms with Crippen LogP contribution in [0.2, 0.25) is 0 Å². The van der Waals surface area contributed by atoms with Gasteiger partial charge in [0.25, 0.3) is 0 Å². The number of carboxylic acids is 1. The number of piperazine rings is 1. The molecule has 1 aliphatic heterocycles. The lowest BCUT2D eigenvalue weighted by Gasteiger charge is -2.39. The lowest BCUT2D eigenvalue weighted by molar-refractivity contribution is -0.890. The number of hydrogen-bond donors (Lipinski definition) is 1. The number of rotatable bonds is 3. The van der Waals surface area contributed by atoms with Gasteiger partial charge in [0.2, 0.25) is 5.43 Å². The summed E-state index contributed by atoms with van der Waals surface area (Å²) in [4.78, 5) is 29.9. The number of nitrogens with zero attached hydrogens (tertiary/aromatic N) is 4. The zero-order valence-corrected chi connectivity index (χ0v) is 17.2. The smallest absolute Gasteiger partial charge is 0.341 e. The van der Waals surface area contributed by atoms with Crippen LogP contribution in [0.1, 0.15) is 17.3 Å². The van der Waals surface area contributed by atoms with Crippen LogP contribution in [0.3, 0.4) is 0 Å². The van der Waals surface area contributed by atoms with E-state index in [9.17, 15) is 19.1 Å². The van der Waals surface area contributed by atoms with E-state index in [1.807, 2.05) is 11.8 Å². The zero-order valence-electron chi connectivity index (χ0n) is 15.0. The largest absolute Gasteiger partial charge is 1.00 e. The Labute approximate surface area is 167 Å². The number of anilines is 1. The topological polar surface area (TPSA) is 75.4 Å². The fourth-order valence-electron chi connectivity index (χ4n) is 3.11. The molecule has 26 heavy (non-hydrogen) atoms. The highest BCUT2D eigenvalue weighted by Gasteiger charge is 2.27. The monoisotopic (exact) mass is 476 g/mol. The SMILES string of the molecule is CCn1cc(C(=O)O)c(=O)c2cc(F)c(N3CC[N+](C)(C)CC3)nc21.[I-]. The van der Waals surface area contributed by atoms with Crippen LogP contribution in [0, 0.1) is 5.82 Å². The van der Waals surface area contributed by atoms with Crippen LogP contribution < -0.4 is 34.3 Å². The summed E-state index contributed by atoms with van der Waals surface area (Å²) >= 11 is 0. The molecule has 0 aliphatic carbocycles. The Morgan fingerprint density at radius 3 is 2.50 bits per heavy atom. The summed E-state index contributed by atoms with van der Waals surface area (Å²) in [7, 11) is 4.26. The molecule has 0 spiro atoms. The number of carbonyl (C=O) groups is 1. The summed E-state index contributed by atoms with van der Waals surface area (Å²) < 4.78 is 17.1. The molecule has 1 fully saturated rings. The second-order valence-corrected chi connectivity index (χ2v) is 7.00. The molecule has 2 aromatic heterocycles. The van der Waals surface area contributed by atoms with Crippen molar-refractivity contribution in [3.05, 3.63) is 33.9 Å². The molecule has 3 heterocycles. The quantitative estimate of drug-likeness (QED) is 0.416. The first kappa shape index (κ1) is 20.6. The molecule has 2 aromatic rings. The third-order valence-corrected chi connectivity index (χ3v) is 4.80. The van der Waals surface area contributed by atoms with Gasteiger partial charge in [-0.15, -0.1) is 0 Å². The zero-order chi connectivity index (χ0) is 18.4. The number of aryl methyl sites for hydroxylation is 1. The van der Waals surface area contributed by atoms with Gasteiger partial charge in [-0.2, -0.15) is 0 Å². The van der Waals surface area contributed by atoms with E-state index in [4.69, 9.17) is 0 Å². The van der Waals surface area contributed by atoms with Crippen LogP contribution in [0.25, 0.3) is 11.0 Å². The highest BCUT2D eigenvalue weighted by Crippen LogP contribution is 2.23. The average Bonchev–Trinajstić information content (AvgIpc) is 2.55. The van der Waals surface area contributed by atoms with Crippen molar-refractivity contribution in [3.63, 3.8) is 0 Å². The number of carboxylic acid groups (broad SMARTS) is 1. The Kier molecular flexibility index (Phi) is 5.91. The predicted molar refractivity (Wildman–Crippen MR) is 92.6 cm³/mol. The first-order chi connectivity index (χ1) is 11.7. The van der Waals surface area contributed by atoms with Gasteiger partial charge in [-0.1, -0.05) is 0 Å². The number of fused-ring (bicyclic) bond motifs is 1. The molecule has 7 nitrogen and oxygen atoms in total. The van der Waals surface area contributed by atoms with Gasteiger partial charge < -0.3 is 43.0 Å². The summed E-state index contributed by atoms with van der Waals surface area (Å²) in [5.74, 6) is -1.70. The van der Waals surface area contributed by atoms with Crippen LogP contribution in [0.5, 0.6) is 0 Å². The lowest BCUT2D eigenvalue weighted by Crippen LogP contribution is -3.00. The molecular weight excluding hydrogens is 454 g/mol. The Hall–Kier alpha value is -1.75. The minimum Gasteiger partial charge on any atom is -1.00 e. The molecule has 0 saturated carbocycles. The molecule has 0 aromatic carbocycles. The molecule has 0 amide bonds. The Morgan fingerprint density at radius 1 is 1.35 bits per heavy atom. The third-order valence-electron chi connectivity index (χ3n) is 4.80. The molecule has 3 rings (SSSR count). The van der Waals surface area contributed by atoms with Crippen molar-refractivity contribution in [1.29, 1.82) is 0 Å². The number of hydrogen-bond acceptors (Lipinski definition) is 4.